The van der Waals surface area contributed by atoms with Crippen LogP contribution in [0.3, 0.4) is 0 Å². The molecular formula is C15H20N4OS. The number of hydrogen-bond acceptors (Lipinski definition) is 6. The zero-order chi connectivity index (χ0) is 14.5. The largest absolute Gasteiger partial charge is 0.376 e. The van der Waals surface area contributed by atoms with Gasteiger partial charge in [-0.05, 0) is 25.8 Å². The van der Waals surface area contributed by atoms with Crippen molar-refractivity contribution in [3.8, 4) is 0 Å². The Kier molecular flexibility index (Phi) is 4.90. The lowest BCUT2D eigenvalue weighted by molar-refractivity contribution is -0.0346. The molecule has 0 N–H and O–H groups in total. The van der Waals surface area contributed by atoms with E-state index >= 15 is 0 Å². The van der Waals surface area contributed by atoms with Gasteiger partial charge in [-0.1, -0.05) is 0 Å². The van der Waals surface area contributed by atoms with Gasteiger partial charge in [0.15, 0.2) is 0 Å². The monoisotopic (exact) mass is 304 g/mol. The molecule has 0 unspecified atom stereocenters. The Morgan fingerprint density at radius 2 is 2.33 bits per heavy atom. The molecule has 5 nitrogen and oxygen atoms in total. The van der Waals surface area contributed by atoms with E-state index in [4.69, 9.17) is 4.74 Å². The van der Waals surface area contributed by atoms with Crippen LogP contribution in [0.15, 0.2) is 24.0 Å². The molecule has 2 aromatic heterocycles. The van der Waals surface area contributed by atoms with Gasteiger partial charge in [-0.3, -0.25) is 4.90 Å². The summed E-state index contributed by atoms with van der Waals surface area (Å²) in [6.07, 6.45) is 5.74. The zero-order valence-electron chi connectivity index (χ0n) is 12.2. The summed E-state index contributed by atoms with van der Waals surface area (Å²) in [6.45, 7) is 5.70. The van der Waals surface area contributed by atoms with E-state index in [0.717, 1.165) is 50.5 Å². The Morgan fingerprint density at radius 1 is 1.38 bits per heavy atom. The van der Waals surface area contributed by atoms with Gasteiger partial charge in [-0.2, -0.15) is 0 Å². The molecule has 1 fully saturated rings. The maximum absolute atomic E-state index is 5.88. The average Bonchev–Trinajstić information content (AvgIpc) is 2.99. The molecule has 1 aliphatic rings. The maximum atomic E-state index is 5.88. The highest BCUT2D eigenvalue weighted by Crippen LogP contribution is 2.15. The van der Waals surface area contributed by atoms with Gasteiger partial charge in [0.1, 0.15) is 11.3 Å². The highest BCUT2D eigenvalue weighted by Gasteiger charge is 2.21. The fraction of sp³-hybridized carbons (Fsp3) is 0.533. The molecule has 0 aliphatic carbocycles. The van der Waals surface area contributed by atoms with Gasteiger partial charge < -0.3 is 4.74 Å². The van der Waals surface area contributed by atoms with Gasteiger partial charge in [-0.25, -0.2) is 15.0 Å². The molecule has 3 heterocycles. The number of nitrogens with zero attached hydrogens (tertiary/aromatic N) is 4. The van der Waals surface area contributed by atoms with E-state index < -0.39 is 0 Å². The first-order valence-electron chi connectivity index (χ1n) is 7.29. The van der Waals surface area contributed by atoms with Crippen LogP contribution in [-0.2, 0) is 17.7 Å². The molecule has 1 saturated heterocycles. The van der Waals surface area contributed by atoms with Crippen LogP contribution >= 0.6 is 11.3 Å². The Balaban J connectivity index is 1.49. The molecule has 0 aromatic carbocycles. The van der Waals surface area contributed by atoms with Crippen LogP contribution in [-0.4, -0.2) is 45.7 Å². The van der Waals surface area contributed by atoms with Crippen LogP contribution < -0.4 is 0 Å². The van der Waals surface area contributed by atoms with Crippen molar-refractivity contribution >= 4 is 11.3 Å². The van der Waals surface area contributed by atoms with E-state index in [1.807, 2.05) is 18.5 Å². The topological polar surface area (TPSA) is 51.1 Å². The first kappa shape index (κ1) is 14.6. The maximum Gasteiger partial charge on any atom is 0.115 e. The summed E-state index contributed by atoms with van der Waals surface area (Å²) in [5.74, 6) is 0. The number of rotatable bonds is 5. The molecule has 112 valence electrons. The lowest BCUT2D eigenvalue weighted by Gasteiger charge is -2.32. The Morgan fingerprint density at radius 3 is 3.14 bits per heavy atom. The third kappa shape index (κ3) is 4.30. The summed E-state index contributed by atoms with van der Waals surface area (Å²) in [5, 5.41) is 3.21. The van der Waals surface area contributed by atoms with Crippen molar-refractivity contribution in [3.05, 3.63) is 40.4 Å². The van der Waals surface area contributed by atoms with Crippen molar-refractivity contribution in [3.63, 3.8) is 0 Å². The third-order valence-corrected chi connectivity index (χ3v) is 4.41. The van der Waals surface area contributed by atoms with Crippen molar-refractivity contribution in [1.29, 1.82) is 0 Å². The second-order valence-corrected chi connectivity index (χ2v) is 6.32. The van der Waals surface area contributed by atoms with Crippen LogP contribution in [0.5, 0.6) is 0 Å². The van der Waals surface area contributed by atoms with Crippen LogP contribution in [0.4, 0.5) is 0 Å². The van der Waals surface area contributed by atoms with E-state index in [1.54, 1.807) is 17.7 Å². The van der Waals surface area contributed by atoms with E-state index in [-0.39, 0.29) is 6.10 Å². The molecule has 0 saturated carbocycles. The Bertz CT molecular complexity index is 561. The minimum Gasteiger partial charge on any atom is -0.376 e. The summed E-state index contributed by atoms with van der Waals surface area (Å²) >= 11 is 1.72. The Labute approximate surface area is 129 Å². The molecule has 1 atom stereocenters. The molecule has 0 radical (unpaired) electrons. The van der Waals surface area contributed by atoms with Gasteiger partial charge in [-0.15, -0.1) is 11.3 Å². The molecule has 0 amide bonds. The highest BCUT2D eigenvalue weighted by atomic mass is 32.1. The molecule has 0 bridgehead atoms. The predicted molar refractivity (Wildman–Crippen MR) is 82.2 cm³/mol. The lowest BCUT2D eigenvalue weighted by atomic mass is 10.1. The summed E-state index contributed by atoms with van der Waals surface area (Å²) in [6, 6.07) is 2.05. The summed E-state index contributed by atoms with van der Waals surface area (Å²) in [5.41, 5.74) is 2.12. The fourth-order valence-electron chi connectivity index (χ4n) is 2.58. The molecule has 3 rings (SSSR count). The smallest absolute Gasteiger partial charge is 0.115 e. The minimum atomic E-state index is 0.286. The number of aryl methyl sites for hydroxylation is 2. The zero-order valence-corrected chi connectivity index (χ0v) is 13.1. The number of thiazole rings is 1. The van der Waals surface area contributed by atoms with Crippen LogP contribution in [0.25, 0.3) is 0 Å². The lowest BCUT2D eigenvalue weighted by Crippen LogP contribution is -2.42. The number of hydrogen-bond donors (Lipinski definition) is 0. The predicted octanol–water partition coefficient (Wildman–Crippen LogP) is 2.08. The molecular weight excluding hydrogens is 284 g/mol. The van der Waals surface area contributed by atoms with Crippen molar-refractivity contribution in [2.75, 3.05) is 19.7 Å². The van der Waals surface area contributed by atoms with Crippen LogP contribution in [0.1, 0.15) is 22.8 Å². The second kappa shape index (κ2) is 7.06. The van der Waals surface area contributed by atoms with E-state index in [2.05, 4.69) is 25.9 Å². The Hall–Kier alpha value is -1.37. The van der Waals surface area contributed by atoms with Crippen LogP contribution in [0.2, 0.25) is 0 Å². The highest BCUT2D eigenvalue weighted by molar-refractivity contribution is 7.09. The van der Waals surface area contributed by atoms with E-state index in [0.29, 0.717) is 0 Å². The first-order valence-corrected chi connectivity index (χ1v) is 8.17. The summed E-state index contributed by atoms with van der Waals surface area (Å²) in [4.78, 5) is 15.2. The van der Waals surface area contributed by atoms with Gasteiger partial charge in [0.25, 0.3) is 0 Å². The normalized spacial score (nSPS) is 19.8. The van der Waals surface area contributed by atoms with Gasteiger partial charge in [0, 0.05) is 36.1 Å². The van der Waals surface area contributed by atoms with E-state index in [9.17, 15) is 0 Å². The van der Waals surface area contributed by atoms with Crippen LogP contribution in [0, 0.1) is 6.92 Å². The summed E-state index contributed by atoms with van der Waals surface area (Å²) < 4.78 is 5.88. The van der Waals surface area contributed by atoms with Gasteiger partial charge in [0.2, 0.25) is 0 Å². The molecule has 21 heavy (non-hydrogen) atoms. The minimum absolute atomic E-state index is 0.286. The fourth-order valence-corrected chi connectivity index (χ4v) is 3.23. The van der Waals surface area contributed by atoms with E-state index in [1.165, 1.54) is 5.01 Å². The first-order chi connectivity index (χ1) is 10.3. The quantitative estimate of drug-likeness (QED) is 0.846. The number of ether oxygens (including phenoxy) is 1. The molecule has 6 heteroatoms. The number of morpholine rings is 1. The summed E-state index contributed by atoms with van der Waals surface area (Å²) in [7, 11) is 0. The average molecular weight is 304 g/mol. The molecule has 0 spiro atoms. The van der Waals surface area contributed by atoms with Crippen molar-refractivity contribution in [2.24, 2.45) is 0 Å². The van der Waals surface area contributed by atoms with Crippen molar-refractivity contribution in [1.82, 2.24) is 19.9 Å². The SMILES string of the molecule is Cc1cc(CC[C@H]2CN(Cc3nccs3)CCO2)ncn1. The van der Waals surface area contributed by atoms with Crippen molar-refractivity contribution < 1.29 is 4.74 Å². The van der Waals surface area contributed by atoms with Crippen molar-refractivity contribution in [2.45, 2.75) is 32.4 Å². The second-order valence-electron chi connectivity index (χ2n) is 5.34. The molecule has 1 aliphatic heterocycles. The number of aromatic nitrogens is 3. The molecule has 2 aromatic rings. The van der Waals surface area contributed by atoms with Gasteiger partial charge in [0.05, 0.1) is 19.3 Å². The third-order valence-electron chi connectivity index (χ3n) is 3.65. The van der Waals surface area contributed by atoms with Gasteiger partial charge >= 0.3 is 0 Å². The standard InChI is InChI=1S/C15H20N4OS/c1-12-8-13(18-11-17-12)2-3-14-9-19(5-6-20-14)10-15-16-4-7-21-15/h4,7-8,11,14H,2-3,5-6,9-10H2,1H3/t14-/m0/s1.